The monoisotopic (exact) mass is 1080 g/mol. The molecule has 0 spiro atoms. The van der Waals surface area contributed by atoms with Crippen LogP contribution in [0.25, 0.3) is 76.3 Å². The summed E-state index contributed by atoms with van der Waals surface area (Å²) in [5.41, 5.74) is 3.07. The number of aromatic nitrogens is 2. The molecule has 2 heterocycles. The van der Waals surface area contributed by atoms with Crippen molar-refractivity contribution in [2.75, 3.05) is 10.6 Å². The maximum absolute atomic E-state index is 14.7. The lowest BCUT2D eigenvalue weighted by molar-refractivity contribution is 0.101. The van der Waals surface area contributed by atoms with Crippen LogP contribution in [-0.2, 0) is 0 Å². The van der Waals surface area contributed by atoms with E-state index in [-0.39, 0.29) is 56.4 Å². The van der Waals surface area contributed by atoms with E-state index in [9.17, 15) is 42.2 Å². The number of H-pyrrole nitrogens is 2. The first-order valence-corrected chi connectivity index (χ1v) is 24.4. The number of anilines is 2. The van der Waals surface area contributed by atoms with Crippen molar-refractivity contribution in [2.24, 2.45) is 20.5 Å². The Bertz CT molecular complexity index is 4470. The van der Waals surface area contributed by atoms with Crippen molar-refractivity contribution >= 4 is 140 Å². The van der Waals surface area contributed by atoms with Gasteiger partial charge in [-0.3, -0.25) is 14.4 Å². The quantitative estimate of drug-likeness (QED) is 0.0649. The minimum Gasteiger partial charge on any atom is -0.505 e. The van der Waals surface area contributed by atoms with E-state index in [4.69, 9.17) is 23.2 Å². The molecule has 378 valence electrons. The lowest BCUT2D eigenvalue weighted by atomic mass is 10.00. The number of benzene rings is 10. The molecule has 0 bridgehead atoms. The summed E-state index contributed by atoms with van der Waals surface area (Å²) in [6, 6.07) is 35.4. The Morgan fingerprint density at radius 1 is 0.462 bits per heavy atom. The molecule has 6 N–H and O–H groups in total. The van der Waals surface area contributed by atoms with Crippen LogP contribution in [0.3, 0.4) is 0 Å². The molecule has 19 heteroatoms. The number of carbonyl (C=O) groups is 3. The average Bonchev–Trinajstić information content (AvgIpc) is 4.27. The van der Waals surface area contributed by atoms with Crippen molar-refractivity contribution in [1.29, 1.82) is 0 Å². The van der Waals surface area contributed by atoms with Crippen molar-refractivity contribution in [3.8, 4) is 22.6 Å². The van der Waals surface area contributed by atoms with Crippen LogP contribution in [0.2, 0.25) is 10.0 Å². The smallest absolute Gasteiger partial charge is 0.259 e. The van der Waals surface area contributed by atoms with Crippen LogP contribution < -0.4 is 10.6 Å². The number of hydrogen-bond donors (Lipinski definition) is 6. The molecule has 0 saturated heterocycles. The molecular formula is C59H30Cl2F4N8O5. The SMILES string of the molecule is O=C1c2cc(N=Nc3c(O)c(C(=O)Nc4ccc(F)cc4F)cc4ccc5c6cc(Cl)ccc6[nH]c5c34)ccc2-c2ccc(N=Nc3c(O)c(C(=O)Nc4ccc(F)cc4F)cc4ccc5c6cc(Cl)ccc6[nH]c5c34)cc21. The van der Waals surface area contributed by atoms with Crippen LogP contribution >= 0.6 is 23.2 Å². The number of rotatable bonds is 8. The van der Waals surface area contributed by atoms with Gasteiger partial charge in [0.1, 0.15) is 34.6 Å². The highest BCUT2D eigenvalue weighted by molar-refractivity contribution is 6.33. The molecule has 78 heavy (non-hydrogen) atoms. The summed E-state index contributed by atoms with van der Waals surface area (Å²) in [6.45, 7) is 0. The number of nitrogens with one attached hydrogen (secondary N) is 4. The van der Waals surface area contributed by atoms with E-state index in [2.05, 4.69) is 41.1 Å². The van der Waals surface area contributed by atoms with E-state index in [1.165, 1.54) is 24.3 Å². The Morgan fingerprint density at radius 3 is 1.32 bits per heavy atom. The fourth-order valence-corrected chi connectivity index (χ4v) is 10.4. The van der Waals surface area contributed by atoms with E-state index in [0.29, 0.717) is 65.9 Å². The third-order valence-electron chi connectivity index (χ3n) is 13.7. The van der Waals surface area contributed by atoms with E-state index in [1.54, 1.807) is 72.8 Å². The highest BCUT2D eigenvalue weighted by Crippen LogP contribution is 2.48. The first-order chi connectivity index (χ1) is 37.6. The summed E-state index contributed by atoms with van der Waals surface area (Å²) < 4.78 is 56.9. The molecule has 0 atom stereocenters. The number of phenols is 2. The summed E-state index contributed by atoms with van der Waals surface area (Å²) in [4.78, 5) is 48.5. The topological polar surface area (TPSA) is 197 Å². The first-order valence-electron chi connectivity index (χ1n) is 23.6. The van der Waals surface area contributed by atoms with E-state index in [0.717, 1.165) is 56.8 Å². The molecule has 0 radical (unpaired) electrons. The van der Waals surface area contributed by atoms with Crippen LogP contribution in [0.4, 0.5) is 51.7 Å². The molecule has 0 fully saturated rings. The molecular weight excluding hydrogens is 1050 g/mol. The molecule has 2 amide bonds. The van der Waals surface area contributed by atoms with Crippen LogP contribution in [-0.4, -0.2) is 37.8 Å². The predicted octanol–water partition coefficient (Wildman–Crippen LogP) is 17.1. The number of amides is 2. The molecule has 10 aromatic carbocycles. The molecule has 13 nitrogen and oxygen atoms in total. The number of ketones is 1. The lowest BCUT2D eigenvalue weighted by Gasteiger charge is -2.12. The number of hydrogen-bond acceptors (Lipinski definition) is 9. The van der Waals surface area contributed by atoms with Gasteiger partial charge in [0.2, 0.25) is 0 Å². The van der Waals surface area contributed by atoms with Gasteiger partial charge in [0.15, 0.2) is 17.3 Å². The lowest BCUT2D eigenvalue weighted by Crippen LogP contribution is -2.13. The molecule has 0 aliphatic heterocycles. The number of fused-ring (bicyclic) bond motifs is 13. The molecule has 0 saturated carbocycles. The minimum atomic E-state index is -1.03. The van der Waals surface area contributed by atoms with Crippen molar-refractivity contribution in [2.45, 2.75) is 0 Å². The van der Waals surface area contributed by atoms with Gasteiger partial charge >= 0.3 is 0 Å². The zero-order valence-corrected chi connectivity index (χ0v) is 41.0. The highest BCUT2D eigenvalue weighted by atomic mass is 35.5. The van der Waals surface area contributed by atoms with Crippen molar-refractivity contribution in [3.63, 3.8) is 0 Å². The van der Waals surface area contributed by atoms with Gasteiger partial charge in [-0.05, 0) is 119 Å². The highest BCUT2D eigenvalue weighted by Gasteiger charge is 2.29. The van der Waals surface area contributed by atoms with Crippen LogP contribution in [0.1, 0.15) is 36.6 Å². The van der Waals surface area contributed by atoms with Crippen molar-refractivity contribution < 1.29 is 42.2 Å². The number of carbonyl (C=O) groups excluding carboxylic acids is 3. The molecule has 12 aromatic rings. The summed E-state index contributed by atoms with van der Waals surface area (Å²) in [5.74, 6) is -7.19. The average molecular weight is 1080 g/mol. The fraction of sp³-hybridized carbons (Fsp3) is 0. The summed E-state index contributed by atoms with van der Waals surface area (Å²) >= 11 is 12.8. The Labute approximate surface area is 445 Å². The first kappa shape index (κ1) is 47.7. The maximum atomic E-state index is 14.7. The second kappa shape index (κ2) is 18.1. The second-order valence-electron chi connectivity index (χ2n) is 18.4. The fourth-order valence-electron chi connectivity index (χ4n) is 10.1. The van der Waals surface area contributed by atoms with E-state index >= 15 is 0 Å². The molecule has 13 rings (SSSR count). The molecule has 2 aromatic heterocycles. The number of aromatic hydroxyl groups is 2. The molecule has 1 aliphatic rings. The normalized spacial score (nSPS) is 12.4. The summed E-state index contributed by atoms with van der Waals surface area (Å²) in [7, 11) is 0. The number of phenolic OH excluding ortho intramolecular Hbond substituents is 2. The maximum Gasteiger partial charge on any atom is 0.259 e. The largest absolute Gasteiger partial charge is 0.505 e. The number of nitrogens with zero attached hydrogens (tertiary/aromatic N) is 4. The zero-order valence-electron chi connectivity index (χ0n) is 39.5. The Hall–Kier alpha value is -9.97. The third-order valence-corrected chi connectivity index (χ3v) is 14.2. The third kappa shape index (κ3) is 7.90. The number of halogens is 6. The van der Waals surface area contributed by atoms with Crippen LogP contribution in [0.15, 0.2) is 166 Å². The summed E-state index contributed by atoms with van der Waals surface area (Å²) in [5, 5.41) is 52.1. The van der Waals surface area contributed by atoms with Gasteiger partial charge in [-0.2, -0.15) is 10.2 Å². The van der Waals surface area contributed by atoms with Gasteiger partial charge in [0, 0.05) is 76.7 Å². The Morgan fingerprint density at radius 2 is 0.897 bits per heavy atom. The summed E-state index contributed by atoms with van der Waals surface area (Å²) in [6.07, 6.45) is 0. The zero-order chi connectivity index (χ0) is 53.8. The minimum absolute atomic E-state index is 0.132. The number of azo groups is 2. The second-order valence-corrected chi connectivity index (χ2v) is 19.3. The van der Waals surface area contributed by atoms with Gasteiger partial charge in [0.25, 0.3) is 11.8 Å². The van der Waals surface area contributed by atoms with Crippen molar-refractivity contribution in [1.82, 2.24) is 9.97 Å². The predicted molar refractivity (Wildman–Crippen MR) is 292 cm³/mol. The van der Waals surface area contributed by atoms with Gasteiger partial charge in [-0.1, -0.05) is 59.6 Å². The van der Waals surface area contributed by atoms with Gasteiger partial charge < -0.3 is 30.8 Å². The van der Waals surface area contributed by atoms with E-state index < -0.39 is 52.4 Å². The van der Waals surface area contributed by atoms with Crippen LogP contribution in [0.5, 0.6) is 11.5 Å². The van der Waals surface area contributed by atoms with Crippen LogP contribution in [0, 0.1) is 23.3 Å². The van der Waals surface area contributed by atoms with Gasteiger partial charge in [-0.25, -0.2) is 17.6 Å². The molecule has 0 unspecified atom stereocenters. The van der Waals surface area contributed by atoms with Gasteiger partial charge in [-0.15, -0.1) is 10.2 Å². The van der Waals surface area contributed by atoms with Gasteiger partial charge in [0.05, 0.1) is 44.9 Å². The standard InChI is InChI=1S/C59H30Cl2F4N8O5/c60-27-3-13-45-37(19-27)35-9-1-25-17-41(58(77)68-47-15-5-29(62)21-43(47)64)56(75)53(49(25)51(35)66-45)72-70-31-7-11-33-34-12-8-32(24-40(34)55(74)39(33)23-31)71-73-54-50-26(2-10-36-38-20-28(61)4-14-46(38)67-52(36)50)18-42(57(54)76)59(78)69-48-16-6-30(63)22-44(48)65/h1-24,66-67,75-76H,(H,68,77)(H,69,78). The Balaban J connectivity index is 0.864. The molecule has 1 aliphatic carbocycles. The Kier molecular flexibility index (Phi) is 11.1. The van der Waals surface area contributed by atoms with Crippen molar-refractivity contribution in [3.05, 3.63) is 201 Å². The van der Waals surface area contributed by atoms with E-state index in [1.807, 2.05) is 12.1 Å². The number of aromatic amines is 2.